The van der Waals surface area contributed by atoms with Gasteiger partial charge in [-0.1, -0.05) is 133 Å². The zero-order valence-corrected chi connectivity index (χ0v) is 26.8. The largest absolute Gasteiger partial charge is 0.455 e. The van der Waals surface area contributed by atoms with Crippen LogP contribution in [0.4, 0.5) is 0 Å². The summed E-state index contributed by atoms with van der Waals surface area (Å²) >= 11 is 0. The summed E-state index contributed by atoms with van der Waals surface area (Å²) in [6.45, 7) is 0. The van der Waals surface area contributed by atoms with Crippen LogP contribution in [-0.4, -0.2) is 0 Å². The topological polar surface area (TPSA) is 26.3 Å². The van der Waals surface area contributed by atoms with Crippen LogP contribution in [0.2, 0.25) is 0 Å². The van der Waals surface area contributed by atoms with Gasteiger partial charge < -0.3 is 8.83 Å². The first-order chi connectivity index (χ1) is 24.8. The highest BCUT2D eigenvalue weighted by Gasteiger charge is 2.23. The number of benzene rings is 10. The van der Waals surface area contributed by atoms with Gasteiger partial charge in [0.2, 0.25) is 0 Å². The summed E-state index contributed by atoms with van der Waals surface area (Å²) in [6, 6.07) is 57.1. The Morgan fingerprint density at radius 2 is 0.840 bits per heavy atom. The zero-order chi connectivity index (χ0) is 32.5. The molecule has 0 aliphatic heterocycles. The number of furan rings is 2. The predicted octanol–water partition coefficient (Wildman–Crippen LogP) is 14.0. The van der Waals surface area contributed by atoms with E-state index in [0.29, 0.717) is 0 Å². The summed E-state index contributed by atoms with van der Waals surface area (Å²) in [5.41, 5.74) is 7.97. The molecule has 2 aromatic heterocycles. The lowest BCUT2D eigenvalue weighted by Gasteiger charge is -2.15. The normalized spacial score (nSPS) is 12.4. The molecular formula is C48H26O2. The van der Waals surface area contributed by atoms with Crippen molar-refractivity contribution < 1.29 is 8.83 Å². The molecule has 2 heteroatoms. The monoisotopic (exact) mass is 634 g/mol. The number of para-hydroxylation sites is 1. The maximum absolute atomic E-state index is 6.98. The standard InChI is InChI=1S/C48H26O2/c1-2-9-32-26-42-41(25-31(32)8-1)45-36(34-20-18-30-16-15-28-10-5-11-29-19-21-35(34)44(30)43(28)29)23-24-40(48(45)49-42)38-14-6-13-37-39-22-17-27-7-3-4-12-33(27)46(39)50-47(37)38/h1-26H. The molecule has 0 aliphatic carbocycles. The Kier molecular flexibility index (Phi) is 5.00. The van der Waals surface area contributed by atoms with Gasteiger partial charge in [0.25, 0.3) is 0 Å². The van der Waals surface area contributed by atoms with Gasteiger partial charge in [-0.05, 0) is 83.9 Å². The van der Waals surface area contributed by atoms with Gasteiger partial charge in [0.1, 0.15) is 22.3 Å². The molecule has 2 heterocycles. The molecule has 0 radical (unpaired) electrons. The summed E-state index contributed by atoms with van der Waals surface area (Å²) in [6.07, 6.45) is 0. The number of fused-ring (bicyclic) bond motifs is 9. The number of hydrogen-bond acceptors (Lipinski definition) is 2. The molecule has 0 aliphatic rings. The van der Waals surface area contributed by atoms with Crippen molar-refractivity contribution in [2.24, 2.45) is 0 Å². The SMILES string of the molecule is c1ccc2cc3c(cc2c1)oc1c(-c2cccc4c2oc2c5ccccc5ccc42)ccc(-c2ccc4ccc5cccc6ccc2c4c56)c13. The highest BCUT2D eigenvalue weighted by Crippen LogP contribution is 2.48. The Balaban J connectivity index is 1.21. The molecule has 0 saturated carbocycles. The Morgan fingerprint density at radius 1 is 0.260 bits per heavy atom. The predicted molar refractivity (Wildman–Crippen MR) is 211 cm³/mol. The molecule has 230 valence electrons. The van der Waals surface area contributed by atoms with E-state index < -0.39 is 0 Å². The van der Waals surface area contributed by atoms with Gasteiger partial charge in [-0.2, -0.15) is 0 Å². The van der Waals surface area contributed by atoms with E-state index in [9.17, 15) is 0 Å². The fraction of sp³-hybridized carbons (Fsp3) is 0. The van der Waals surface area contributed by atoms with Crippen molar-refractivity contribution in [2.75, 3.05) is 0 Å². The minimum atomic E-state index is 0.872. The molecule has 12 rings (SSSR count). The lowest BCUT2D eigenvalue weighted by molar-refractivity contribution is 0.667. The number of hydrogen-bond donors (Lipinski definition) is 0. The summed E-state index contributed by atoms with van der Waals surface area (Å²) in [7, 11) is 0. The second-order valence-electron chi connectivity index (χ2n) is 13.6. The maximum Gasteiger partial charge on any atom is 0.144 e. The lowest BCUT2D eigenvalue weighted by atomic mass is 9.87. The van der Waals surface area contributed by atoms with Gasteiger partial charge in [0, 0.05) is 38.1 Å². The van der Waals surface area contributed by atoms with E-state index >= 15 is 0 Å². The Morgan fingerprint density at radius 3 is 1.72 bits per heavy atom. The average molecular weight is 635 g/mol. The van der Waals surface area contributed by atoms with Crippen LogP contribution in [0.5, 0.6) is 0 Å². The van der Waals surface area contributed by atoms with Gasteiger partial charge >= 0.3 is 0 Å². The van der Waals surface area contributed by atoms with Crippen LogP contribution in [0, 0.1) is 0 Å². The second kappa shape index (κ2) is 9.49. The van der Waals surface area contributed by atoms with Crippen LogP contribution >= 0.6 is 0 Å². The van der Waals surface area contributed by atoms with Crippen LogP contribution in [0.1, 0.15) is 0 Å². The first-order valence-electron chi connectivity index (χ1n) is 17.2. The minimum Gasteiger partial charge on any atom is -0.455 e. The Bertz CT molecular complexity index is 3360. The Hall–Kier alpha value is -6.64. The van der Waals surface area contributed by atoms with E-state index in [4.69, 9.17) is 8.83 Å². The minimum absolute atomic E-state index is 0.872. The van der Waals surface area contributed by atoms with Crippen molar-refractivity contribution in [2.45, 2.75) is 0 Å². The van der Waals surface area contributed by atoms with Crippen LogP contribution in [0.3, 0.4) is 0 Å². The molecule has 0 N–H and O–H groups in total. The third-order valence-corrected chi connectivity index (χ3v) is 11.0. The highest BCUT2D eigenvalue weighted by atomic mass is 16.3. The van der Waals surface area contributed by atoms with Crippen molar-refractivity contribution in [1.29, 1.82) is 0 Å². The van der Waals surface area contributed by atoms with Gasteiger partial charge in [0.15, 0.2) is 0 Å². The molecule has 0 fully saturated rings. The molecule has 50 heavy (non-hydrogen) atoms. The van der Waals surface area contributed by atoms with Crippen LogP contribution in [0.15, 0.2) is 167 Å². The summed E-state index contributed by atoms with van der Waals surface area (Å²) in [4.78, 5) is 0. The molecular weight excluding hydrogens is 609 g/mol. The van der Waals surface area contributed by atoms with E-state index in [0.717, 1.165) is 65.8 Å². The molecule has 12 aromatic rings. The highest BCUT2D eigenvalue weighted by molar-refractivity contribution is 6.28. The first kappa shape index (κ1) is 26.3. The third-order valence-electron chi connectivity index (χ3n) is 11.0. The summed E-state index contributed by atoms with van der Waals surface area (Å²) in [5.74, 6) is 0. The molecule has 2 nitrogen and oxygen atoms in total. The van der Waals surface area contributed by atoms with Crippen molar-refractivity contribution in [1.82, 2.24) is 0 Å². The van der Waals surface area contributed by atoms with Crippen molar-refractivity contribution >= 4 is 97.7 Å². The van der Waals surface area contributed by atoms with E-state index in [1.165, 1.54) is 54.2 Å². The Labute approximate surface area is 285 Å². The maximum atomic E-state index is 6.98. The van der Waals surface area contributed by atoms with Crippen LogP contribution in [-0.2, 0) is 0 Å². The fourth-order valence-electron chi connectivity index (χ4n) is 8.71. The summed E-state index contributed by atoms with van der Waals surface area (Å²) < 4.78 is 13.8. The molecule has 10 aromatic carbocycles. The van der Waals surface area contributed by atoms with E-state index in [-0.39, 0.29) is 0 Å². The molecule has 0 amide bonds. The zero-order valence-electron chi connectivity index (χ0n) is 26.8. The van der Waals surface area contributed by atoms with Gasteiger partial charge in [-0.15, -0.1) is 0 Å². The van der Waals surface area contributed by atoms with E-state index in [1.54, 1.807) is 0 Å². The lowest BCUT2D eigenvalue weighted by Crippen LogP contribution is -1.89. The van der Waals surface area contributed by atoms with Gasteiger partial charge in [-0.3, -0.25) is 0 Å². The van der Waals surface area contributed by atoms with Gasteiger partial charge in [0.05, 0.1) is 0 Å². The smallest absolute Gasteiger partial charge is 0.144 e. The van der Waals surface area contributed by atoms with Crippen LogP contribution < -0.4 is 0 Å². The van der Waals surface area contributed by atoms with Crippen molar-refractivity contribution in [3.63, 3.8) is 0 Å². The van der Waals surface area contributed by atoms with E-state index in [1.807, 2.05) is 0 Å². The molecule has 0 saturated heterocycles. The van der Waals surface area contributed by atoms with Crippen molar-refractivity contribution in [3.8, 4) is 22.3 Å². The second-order valence-corrected chi connectivity index (χ2v) is 13.6. The fourth-order valence-corrected chi connectivity index (χ4v) is 8.71. The summed E-state index contributed by atoms with van der Waals surface area (Å²) in [5, 5.41) is 16.8. The average Bonchev–Trinajstić information content (AvgIpc) is 3.75. The van der Waals surface area contributed by atoms with Crippen molar-refractivity contribution in [3.05, 3.63) is 158 Å². The molecule has 0 bridgehead atoms. The van der Waals surface area contributed by atoms with Gasteiger partial charge in [-0.25, -0.2) is 0 Å². The van der Waals surface area contributed by atoms with Crippen LogP contribution in [0.25, 0.3) is 120 Å². The van der Waals surface area contributed by atoms with E-state index in [2.05, 4.69) is 158 Å². The number of rotatable bonds is 2. The first-order valence-corrected chi connectivity index (χ1v) is 17.2. The quantitative estimate of drug-likeness (QED) is 0.177. The molecule has 0 spiro atoms. The molecule has 0 unspecified atom stereocenters. The molecule has 0 atom stereocenters. The third kappa shape index (κ3) is 3.42.